The molecule has 0 aliphatic heterocycles. The van der Waals surface area contributed by atoms with Crippen molar-refractivity contribution in [3.8, 4) is 11.8 Å². The van der Waals surface area contributed by atoms with Crippen molar-refractivity contribution < 1.29 is 4.79 Å². The molecule has 5 nitrogen and oxygen atoms in total. The van der Waals surface area contributed by atoms with Gasteiger partial charge in [0.05, 0.1) is 0 Å². The number of carbonyl (C=O) groups excluding carboxylic acids is 1. The molecule has 88 valence electrons. The average Bonchev–Trinajstić information content (AvgIpc) is 2.82. The summed E-state index contributed by atoms with van der Waals surface area (Å²) in [4.78, 5) is 16.6. The molecule has 2 aromatic rings. The van der Waals surface area contributed by atoms with E-state index in [0.717, 1.165) is 22.8 Å². The summed E-state index contributed by atoms with van der Waals surface area (Å²) in [5, 5.41) is 4.24. The van der Waals surface area contributed by atoms with Gasteiger partial charge in [-0.05, 0) is 17.7 Å². The van der Waals surface area contributed by atoms with Crippen molar-refractivity contribution in [2.24, 2.45) is 5.11 Å². The first-order valence-corrected chi connectivity index (χ1v) is 5.42. The highest BCUT2D eigenvalue weighted by atomic mass is 16.1. The number of aromatic nitrogens is 1. The topological polar surface area (TPSA) is 81.6 Å². The van der Waals surface area contributed by atoms with Crippen molar-refractivity contribution in [2.45, 2.75) is 6.42 Å². The van der Waals surface area contributed by atoms with Crippen LogP contribution in [-0.2, 0) is 0 Å². The van der Waals surface area contributed by atoms with Gasteiger partial charge in [0.2, 0.25) is 0 Å². The maximum Gasteiger partial charge on any atom is 0.152 e. The second kappa shape index (κ2) is 5.58. The zero-order valence-electron chi connectivity index (χ0n) is 9.55. The molecule has 0 amide bonds. The molecule has 0 aliphatic rings. The van der Waals surface area contributed by atoms with Crippen LogP contribution in [0.15, 0.2) is 29.5 Å². The first kappa shape index (κ1) is 11.8. The number of fused-ring (bicyclic) bond motifs is 1. The Bertz CT molecular complexity index is 684. The van der Waals surface area contributed by atoms with Crippen molar-refractivity contribution in [1.82, 2.24) is 4.98 Å². The Morgan fingerprint density at radius 2 is 2.39 bits per heavy atom. The number of nitrogens with zero attached hydrogens (tertiary/aromatic N) is 3. The molecule has 0 saturated carbocycles. The van der Waals surface area contributed by atoms with E-state index in [4.69, 9.17) is 5.53 Å². The van der Waals surface area contributed by atoms with Gasteiger partial charge in [0.1, 0.15) is 0 Å². The van der Waals surface area contributed by atoms with Gasteiger partial charge in [-0.1, -0.05) is 23.0 Å². The first-order valence-electron chi connectivity index (χ1n) is 5.42. The van der Waals surface area contributed by atoms with Gasteiger partial charge in [0, 0.05) is 46.1 Å². The van der Waals surface area contributed by atoms with E-state index in [1.165, 1.54) is 0 Å². The highest BCUT2D eigenvalue weighted by Crippen LogP contribution is 2.20. The molecule has 0 aliphatic carbocycles. The number of benzene rings is 1. The number of nitrogens with one attached hydrogen (secondary N) is 1. The summed E-state index contributed by atoms with van der Waals surface area (Å²) in [7, 11) is 0. The van der Waals surface area contributed by atoms with E-state index >= 15 is 0 Å². The summed E-state index contributed by atoms with van der Waals surface area (Å²) in [6, 6.07) is 5.64. The summed E-state index contributed by atoms with van der Waals surface area (Å²) in [6.45, 7) is 0.354. The van der Waals surface area contributed by atoms with Crippen molar-refractivity contribution in [3.63, 3.8) is 0 Å². The smallest absolute Gasteiger partial charge is 0.152 e. The molecule has 2 rings (SSSR count). The minimum absolute atomic E-state index is 0.354. The van der Waals surface area contributed by atoms with Crippen LogP contribution in [0.5, 0.6) is 0 Å². The molecule has 1 N–H and O–H groups in total. The van der Waals surface area contributed by atoms with Gasteiger partial charge in [-0.3, -0.25) is 4.79 Å². The zero-order chi connectivity index (χ0) is 12.8. The highest BCUT2D eigenvalue weighted by molar-refractivity contribution is 6.00. The summed E-state index contributed by atoms with van der Waals surface area (Å²) in [5.74, 6) is 5.92. The Kier molecular flexibility index (Phi) is 3.65. The predicted molar refractivity (Wildman–Crippen MR) is 69.2 cm³/mol. The molecule has 5 heteroatoms. The van der Waals surface area contributed by atoms with Crippen LogP contribution < -0.4 is 0 Å². The lowest BCUT2D eigenvalue weighted by Gasteiger charge is -1.95. The Hall–Kier alpha value is -2.70. The minimum Gasteiger partial charge on any atom is -0.360 e. The van der Waals surface area contributed by atoms with Crippen LogP contribution in [0, 0.1) is 11.8 Å². The van der Waals surface area contributed by atoms with E-state index in [1.54, 1.807) is 6.20 Å². The van der Waals surface area contributed by atoms with Crippen LogP contribution in [0.3, 0.4) is 0 Å². The molecule has 0 spiro atoms. The van der Waals surface area contributed by atoms with Crippen molar-refractivity contribution in [1.29, 1.82) is 0 Å². The van der Waals surface area contributed by atoms with E-state index in [1.807, 2.05) is 18.2 Å². The average molecular weight is 238 g/mol. The second-order valence-corrected chi connectivity index (χ2v) is 3.60. The molecule has 0 bridgehead atoms. The maximum absolute atomic E-state index is 10.9. The van der Waals surface area contributed by atoms with Gasteiger partial charge >= 0.3 is 0 Å². The van der Waals surface area contributed by atoms with Crippen molar-refractivity contribution in [3.05, 3.63) is 46.0 Å². The summed E-state index contributed by atoms with van der Waals surface area (Å²) in [5.41, 5.74) is 10.4. The number of rotatable bonds is 3. The van der Waals surface area contributed by atoms with E-state index in [-0.39, 0.29) is 0 Å². The second-order valence-electron chi connectivity index (χ2n) is 3.60. The molecule has 0 atom stereocenters. The molecule has 0 fully saturated rings. The third kappa shape index (κ3) is 2.34. The highest BCUT2D eigenvalue weighted by Gasteiger charge is 2.05. The van der Waals surface area contributed by atoms with Crippen molar-refractivity contribution >= 4 is 17.2 Å². The molecule has 1 heterocycles. The third-order valence-electron chi connectivity index (χ3n) is 2.49. The first-order chi connectivity index (χ1) is 8.86. The zero-order valence-corrected chi connectivity index (χ0v) is 9.55. The van der Waals surface area contributed by atoms with Crippen molar-refractivity contribution in [2.75, 3.05) is 6.54 Å². The molecule has 1 aromatic carbocycles. The van der Waals surface area contributed by atoms with Gasteiger partial charge in [-0.25, -0.2) is 0 Å². The molecule has 18 heavy (non-hydrogen) atoms. The van der Waals surface area contributed by atoms with E-state index < -0.39 is 0 Å². The van der Waals surface area contributed by atoms with Crippen LogP contribution in [-0.4, -0.2) is 17.8 Å². The lowest BCUT2D eigenvalue weighted by Crippen LogP contribution is -1.82. The Morgan fingerprint density at radius 3 is 3.17 bits per heavy atom. The van der Waals surface area contributed by atoms with Crippen LogP contribution in [0.2, 0.25) is 0 Å². The standard InChI is InChI=1S/C13H10N4O/c14-17-16-7-2-1-4-10-5-3-6-12-13(10)11(9-18)8-15-12/h3,5-6,8-9,15H,2,7H2. The quantitative estimate of drug-likeness (QED) is 0.219. The molecular weight excluding hydrogens is 228 g/mol. The van der Waals surface area contributed by atoms with E-state index in [0.29, 0.717) is 18.5 Å². The molecular formula is C13H10N4O. The summed E-state index contributed by atoms with van der Waals surface area (Å²) < 4.78 is 0. The molecule has 0 saturated heterocycles. The van der Waals surface area contributed by atoms with Gasteiger partial charge in [0.25, 0.3) is 0 Å². The predicted octanol–water partition coefficient (Wildman–Crippen LogP) is 3.03. The van der Waals surface area contributed by atoms with Crippen LogP contribution in [0.1, 0.15) is 22.3 Å². The largest absolute Gasteiger partial charge is 0.360 e. The number of carbonyl (C=O) groups is 1. The number of hydrogen-bond donors (Lipinski definition) is 1. The Balaban J connectivity index is 2.35. The lowest BCUT2D eigenvalue weighted by molar-refractivity contribution is 0.112. The molecule has 1 aromatic heterocycles. The Morgan fingerprint density at radius 1 is 1.50 bits per heavy atom. The van der Waals surface area contributed by atoms with E-state index in [2.05, 4.69) is 26.9 Å². The fraction of sp³-hybridized carbons (Fsp3) is 0.154. The fourth-order valence-electron chi connectivity index (χ4n) is 1.72. The van der Waals surface area contributed by atoms with Gasteiger partial charge in [-0.15, -0.1) is 0 Å². The van der Waals surface area contributed by atoms with Crippen LogP contribution in [0.4, 0.5) is 0 Å². The van der Waals surface area contributed by atoms with E-state index in [9.17, 15) is 4.79 Å². The number of hydrogen-bond acceptors (Lipinski definition) is 2. The Labute approximate surface area is 103 Å². The normalized spacial score (nSPS) is 9.33. The fourth-order valence-corrected chi connectivity index (χ4v) is 1.72. The van der Waals surface area contributed by atoms with Gasteiger partial charge in [0.15, 0.2) is 6.29 Å². The monoisotopic (exact) mass is 238 g/mol. The van der Waals surface area contributed by atoms with Crippen LogP contribution >= 0.6 is 0 Å². The number of azide groups is 1. The lowest BCUT2D eigenvalue weighted by atomic mass is 10.1. The summed E-state index contributed by atoms with van der Waals surface area (Å²) >= 11 is 0. The molecule has 0 radical (unpaired) electrons. The third-order valence-corrected chi connectivity index (χ3v) is 2.49. The number of H-pyrrole nitrogens is 1. The van der Waals surface area contributed by atoms with Gasteiger partial charge in [-0.2, -0.15) is 0 Å². The van der Waals surface area contributed by atoms with Gasteiger partial charge < -0.3 is 4.98 Å². The maximum atomic E-state index is 10.9. The van der Waals surface area contributed by atoms with Crippen LogP contribution in [0.25, 0.3) is 21.3 Å². The molecule has 0 unspecified atom stereocenters. The minimum atomic E-state index is 0.354. The number of aldehydes is 1. The number of aromatic amines is 1. The SMILES string of the molecule is [N-]=[N+]=NCCC#Cc1cccc2[nH]cc(C=O)c12. The summed E-state index contributed by atoms with van der Waals surface area (Å²) in [6.07, 6.45) is 2.98.